The molecule has 3 N–H and O–H groups in total. The number of benzene rings is 1. The smallest absolute Gasteiger partial charge is 0.241 e. The van der Waals surface area contributed by atoms with Crippen molar-refractivity contribution in [2.24, 2.45) is 11.7 Å². The minimum absolute atomic E-state index is 0.141. The molecule has 0 aliphatic heterocycles. The average Bonchev–Trinajstić information content (AvgIpc) is 2.36. The van der Waals surface area contributed by atoms with Gasteiger partial charge in [-0.2, -0.15) is 0 Å². The predicted molar refractivity (Wildman–Crippen MR) is 81.8 cm³/mol. The van der Waals surface area contributed by atoms with E-state index in [0.717, 1.165) is 12.1 Å². The summed E-state index contributed by atoms with van der Waals surface area (Å²) in [6, 6.07) is 4.88. The van der Waals surface area contributed by atoms with E-state index in [0.29, 0.717) is 10.7 Å². The number of nitrogens with zero attached hydrogens (tertiary/aromatic N) is 1. The third kappa shape index (κ3) is 4.11. The van der Waals surface area contributed by atoms with E-state index in [2.05, 4.69) is 5.32 Å². The Bertz CT molecular complexity index is 448. The Morgan fingerprint density at radius 3 is 2.63 bits per heavy atom. The van der Waals surface area contributed by atoms with E-state index in [9.17, 15) is 4.79 Å². The molecule has 0 spiro atoms. The molecule has 0 heterocycles. The number of rotatable bonds is 5. The van der Waals surface area contributed by atoms with Crippen LogP contribution >= 0.6 is 11.6 Å². The molecule has 0 fully saturated rings. The van der Waals surface area contributed by atoms with E-state index in [-0.39, 0.29) is 11.8 Å². The molecule has 1 aromatic carbocycles. The van der Waals surface area contributed by atoms with Crippen LogP contribution in [-0.4, -0.2) is 26.0 Å². The first-order valence-corrected chi connectivity index (χ1v) is 6.78. The summed E-state index contributed by atoms with van der Waals surface area (Å²) in [4.78, 5) is 14.0. The van der Waals surface area contributed by atoms with Gasteiger partial charge in [0.2, 0.25) is 5.91 Å². The maximum absolute atomic E-state index is 12.1. The molecule has 0 radical (unpaired) electrons. The maximum Gasteiger partial charge on any atom is 0.241 e. The Morgan fingerprint density at radius 2 is 2.11 bits per heavy atom. The molecule has 1 amide bonds. The summed E-state index contributed by atoms with van der Waals surface area (Å²) in [5, 5.41) is 3.44. The van der Waals surface area contributed by atoms with Crippen LogP contribution in [0.25, 0.3) is 0 Å². The highest BCUT2D eigenvalue weighted by Crippen LogP contribution is 2.28. The summed E-state index contributed by atoms with van der Waals surface area (Å²) in [7, 11) is 3.82. The number of anilines is 2. The third-order valence-electron chi connectivity index (χ3n) is 3.26. The summed E-state index contributed by atoms with van der Waals surface area (Å²) < 4.78 is 0. The number of hydrogen-bond donors (Lipinski definition) is 2. The van der Waals surface area contributed by atoms with E-state index >= 15 is 0 Å². The quantitative estimate of drug-likeness (QED) is 0.873. The molecule has 0 unspecified atom stereocenters. The van der Waals surface area contributed by atoms with E-state index in [1.807, 2.05) is 38.9 Å². The third-order valence-corrected chi connectivity index (χ3v) is 3.49. The molecule has 0 aliphatic rings. The molecule has 1 aromatic rings. The van der Waals surface area contributed by atoms with Crippen LogP contribution < -0.4 is 16.0 Å². The number of carbonyl (C=O) groups excluding carboxylic acids is 1. The number of hydrogen-bond acceptors (Lipinski definition) is 3. The zero-order valence-corrected chi connectivity index (χ0v) is 12.7. The minimum atomic E-state index is -0.515. The van der Waals surface area contributed by atoms with Crippen LogP contribution in [0.2, 0.25) is 5.02 Å². The van der Waals surface area contributed by atoms with Gasteiger partial charge in [0.05, 0.1) is 17.4 Å². The molecule has 106 valence electrons. The second-order valence-electron chi connectivity index (χ2n) is 4.96. The lowest BCUT2D eigenvalue weighted by Crippen LogP contribution is -2.40. The normalized spacial score (nSPS) is 13.8. The summed E-state index contributed by atoms with van der Waals surface area (Å²) in [6.45, 7) is 3.98. The summed E-state index contributed by atoms with van der Waals surface area (Å²) in [6.07, 6.45) is 0.866. The molecule has 19 heavy (non-hydrogen) atoms. The highest BCUT2D eigenvalue weighted by atomic mass is 35.5. The Labute approximate surface area is 119 Å². The topological polar surface area (TPSA) is 58.4 Å². The van der Waals surface area contributed by atoms with Gasteiger partial charge in [-0.15, -0.1) is 0 Å². The van der Waals surface area contributed by atoms with Crippen molar-refractivity contribution in [3.63, 3.8) is 0 Å². The van der Waals surface area contributed by atoms with Gasteiger partial charge in [0.25, 0.3) is 0 Å². The zero-order valence-electron chi connectivity index (χ0n) is 11.9. The molecular formula is C14H22ClN3O. The maximum atomic E-state index is 12.1. The van der Waals surface area contributed by atoms with Gasteiger partial charge in [-0.25, -0.2) is 0 Å². The van der Waals surface area contributed by atoms with E-state index in [4.69, 9.17) is 17.3 Å². The van der Waals surface area contributed by atoms with Crippen LogP contribution in [-0.2, 0) is 4.79 Å². The van der Waals surface area contributed by atoms with Gasteiger partial charge >= 0.3 is 0 Å². The lowest BCUT2D eigenvalue weighted by Gasteiger charge is -2.21. The Balaban J connectivity index is 2.92. The van der Waals surface area contributed by atoms with Crippen molar-refractivity contribution in [3.8, 4) is 0 Å². The van der Waals surface area contributed by atoms with Crippen molar-refractivity contribution in [3.05, 3.63) is 23.2 Å². The fraction of sp³-hybridized carbons (Fsp3) is 0.500. The van der Waals surface area contributed by atoms with Crippen molar-refractivity contribution in [1.82, 2.24) is 0 Å². The largest absolute Gasteiger partial charge is 0.376 e. The number of nitrogens with two attached hydrogens (primary N) is 1. The summed E-state index contributed by atoms with van der Waals surface area (Å²) in [5.74, 6) is -0.0401. The van der Waals surface area contributed by atoms with Gasteiger partial charge in [0, 0.05) is 19.1 Å². The second kappa shape index (κ2) is 6.78. The molecule has 4 nitrogen and oxygen atoms in total. The SMILES string of the molecule is CC[C@H](C)[C@H](N)C(=O)Nc1cc(Cl)ccc1N(C)C. The Hall–Kier alpha value is -1.26. The van der Waals surface area contributed by atoms with E-state index in [1.165, 1.54) is 0 Å². The van der Waals surface area contributed by atoms with Gasteiger partial charge in [-0.1, -0.05) is 31.9 Å². The number of nitrogens with one attached hydrogen (secondary N) is 1. The first kappa shape index (κ1) is 15.8. The highest BCUT2D eigenvalue weighted by Gasteiger charge is 2.20. The minimum Gasteiger partial charge on any atom is -0.376 e. The first-order chi connectivity index (χ1) is 8.86. The predicted octanol–water partition coefficient (Wildman–Crippen LogP) is 2.72. The molecule has 0 aliphatic carbocycles. The Kier molecular flexibility index (Phi) is 5.63. The lowest BCUT2D eigenvalue weighted by atomic mass is 9.99. The van der Waals surface area contributed by atoms with Gasteiger partial charge in [-0.3, -0.25) is 4.79 Å². The number of carbonyl (C=O) groups is 1. The zero-order chi connectivity index (χ0) is 14.6. The molecule has 0 aromatic heterocycles. The molecule has 0 saturated heterocycles. The Morgan fingerprint density at radius 1 is 1.47 bits per heavy atom. The molecule has 1 rings (SSSR count). The van der Waals surface area contributed by atoms with Gasteiger partial charge in [0.15, 0.2) is 0 Å². The van der Waals surface area contributed by atoms with Gasteiger partial charge < -0.3 is 16.0 Å². The van der Waals surface area contributed by atoms with Gasteiger partial charge in [-0.05, 0) is 24.1 Å². The highest BCUT2D eigenvalue weighted by molar-refractivity contribution is 6.31. The van der Waals surface area contributed by atoms with Crippen molar-refractivity contribution in [2.45, 2.75) is 26.3 Å². The molecule has 0 bridgehead atoms. The number of halogens is 1. The molecule has 2 atom stereocenters. The van der Waals surface area contributed by atoms with Crippen molar-refractivity contribution >= 4 is 28.9 Å². The van der Waals surface area contributed by atoms with Crippen LogP contribution in [0.5, 0.6) is 0 Å². The van der Waals surface area contributed by atoms with Crippen LogP contribution in [0, 0.1) is 5.92 Å². The van der Waals surface area contributed by atoms with E-state index in [1.54, 1.807) is 12.1 Å². The van der Waals surface area contributed by atoms with Crippen LogP contribution in [0.3, 0.4) is 0 Å². The summed E-state index contributed by atoms with van der Waals surface area (Å²) >= 11 is 5.97. The first-order valence-electron chi connectivity index (χ1n) is 6.40. The van der Waals surface area contributed by atoms with E-state index < -0.39 is 6.04 Å². The van der Waals surface area contributed by atoms with Crippen LogP contribution in [0.4, 0.5) is 11.4 Å². The lowest BCUT2D eigenvalue weighted by molar-refractivity contribution is -0.118. The van der Waals surface area contributed by atoms with Gasteiger partial charge in [0.1, 0.15) is 0 Å². The van der Waals surface area contributed by atoms with Crippen LogP contribution in [0.1, 0.15) is 20.3 Å². The van der Waals surface area contributed by atoms with Crippen molar-refractivity contribution in [1.29, 1.82) is 0 Å². The molecule has 5 heteroatoms. The fourth-order valence-electron chi connectivity index (χ4n) is 1.73. The van der Waals surface area contributed by atoms with Crippen LogP contribution in [0.15, 0.2) is 18.2 Å². The molecule has 0 saturated carbocycles. The van der Waals surface area contributed by atoms with Crippen molar-refractivity contribution in [2.75, 3.05) is 24.3 Å². The second-order valence-corrected chi connectivity index (χ2v) is 5.39. The standard InChI is InChI=1S/C14H22ClN3O/c1-5-9(2)13(16)14(19)17-11-8-10(15)6-7-12(11)18(3)4/h6-9,13H,5,16H2,1-4H3,(H,17,19)/t9-,13-/m0/s1. The fourth-order valence-corrected chi connectivity index (χ4v) is 1.90. The monoisotopic (exact) mass is 283 g/mol. The molecular weight excluding hydrogens is 262 g/mol. The average molecular weight is 284 g/mol. The van der Waals surface area contributed by atoms with Crippen molar-refractivity contribution < 1.29 is 4.79 Å². The summed E-state index contributed by atoms with van der Waals surface area (Å²) in [5.41, 5.74) is 7.50. The number of amides is 1.